The van der Waals surface area contributed by atoms with Gasteiger partial charge in [0.15, 0.2) is 0 Å². The maximum atomic E-state index is 11.5. The number of halogens is 1. The number of nitrogens with zero attached hydrogens (tertiary/aromatic N) is 1. The standard InChI is InChI=1S/C18H20BrN3OS/c19-16-7-5-14(6-8-16)17-12-22(9-10-24-17)11-13-1-3-15(4-2-13)18(23)21-20/h1-8,17H,9-12,20H2,(H,21,23). The van der Waals surface area contributed by atoms with E-state index in [0.717, 1.165) is 29.9 Å². The third-order valence-corrected chi connectivity index (χ3v) is 5.92. The van der Waals surface area contributed by atoms with E-state index in [1.54, 1.807) is 0 Å². The molecule has 0 saturated carbocycles. The van der Waals surface area contributed by atoms with Gasteiger partial charge in [0, 0.05) is 40.7 Å². The largest absolute Gasteiger partial charge is 0.297 e. The molecule has 6 heteroatoms. The van der Waals surface area contributed by atoms with E-state index in [1.165, 1.54) is 11.1 Å². The third-order valence-electron chi connectivity index (χ3n) is 4.15. The number of hydrazine groups is 1. The van der Waals surface area contributed by atoms with Gasteiger partial charge in [0.1, 0.15) is 0 Å². The van der Waals surface area contributed by atoms with E-state index < -0.39 is 0 Å². The normalized spacial score (nSPS) is 18.3. The highest BCUT2D eigenvalue weighted by molar-refractivity contribution is 9.10. The van der Waals surface area contributed by atoms with Crippen LogP contribution in [0.5, 0.6) is 0 Å². The van der Waals surface area contributed by atoms with Gasteiger partial charge < -0.3 is 0 Å². The topological polar surface area (TPSA) is 58.4 Å². The third kappa shape index (κ3) is 4.39. The first kappa shape index (κ1) is 17.5. The summed E-state index contributed by atoms with van der Waals surface area (Å²) < 4.78 is 1.12. The van der Waals surface area contributed by atoms with Crippen molar-refractivity contribution >= 4 is 33.6 Å². The molecule has 0 bridgehead atoms. The van der Waals surface area contributed by atoms with Crippen molar-refractivity contribution in [3.05, 3.63) is 69.7 Å². The molecule has 3 N–H and O–H groups in total. The molecule has 1 heterocycles. The van der Waals surface area contributed by atoms with Gasteiger partial charge in [-0.1, -0.05) is 40.2 Å². The van der Waals surface area contributed by atoms with Crippen molar-refractivity contribution in [3.8, 4) is 0 Å². The molecule has 1 fully saturated rings. The molecular weight excluding hydrogens is 386 g/mol. The zero-order valence-electron chi connectivity index (χ0n) is 13.2. The summed E-state index contributed by atoms with van der Waals surface area (Å²) in [7, 11) is 0. The van der Waals surface area contributed by atoms with Crippen LogP contribution in [0.15, 0.2) is 53.0 Å². The van der Waals surface area contributed by atoms with E-state index in [-0.39, 0.29) is 5.91 Å². The van der Waals surface area contributed by atoms with Crippen molar-refractivity contribution in [3.63, 3.8) is 0 Å². The van der Waals surface area contributed by atoms with E-state index in [0.29, 0.717) is 10.8 Å². The van der Waals surface area contributed by atoms with Gasteiger partial charge in [-0.3, -0.25) is 15.1 Å². The Kier molecular flexibility index (Phi) is 5.94. The molecule has 4 nitrogen and oxygen atoms in total. The molecule has 1 amide bonds. The Morgan fingerprint density at radius 2 is 1.92 bits per heavy atom. The minimum atomic E-state index is -0.258. The minimum Gasteiger partial charge on any atom is -0.297 e. The maximum Gasteiger partial charge on any atom is 0.265 e. The Balaban J connectivity index is 1.63. The highest BCUT2D eigenvalue weighted by Crippen LogP contribution is 2.34. The predicted octanol–water partition coefficient (Wildman–Crippen LogP) is 3.34. The lowest BCUT2D eigenvalue weighted by atomic mass is 10.1. The molecule has 3 rings (SSSR count). The van der Waals surface area contributed by atoms with Gasteiger partial charge in [-0.15, -0.1) is 0 Å². The fourth-order valence-corrected chi connectivity index (χ4v) is 4.41. The Hall–Kier alpha value is -1.34. The van der Waals surface area contributed by atoms with Gasteiger partial charge in [0.25, 0.3) is 5.91 Å². The van der Waals surface area contributed by atoms with Crippen LogP contribution in [0.2, 0.25) is 0 Å². The van der Waals surface area contributed by atoms with Gasteiger partial charge in [-0.05, 0) is 35.4 Å². The lowest BCUT2D eigenvalue weighted by Gasteiger charge is -2.32. The van der Waals surface area contributed by atoms with Gasteiger partial charge in [0.05, 0.1) is 0 Å². The van der Waals surface area contributed by atoms with Crippen LogP contribution >= 0.6 is 27.7 Å². The average Bonchev–Trinajstić information content (AvgIpc) is 2.62. The molecule has 1 aliphatic rings. The second-order valence-corrected chi connectivity index (χ2v) is 8.04. The maximum absolute atomic E-state index is 11.5. The van der Waals surface area contributed by atoms with Crippen molar-refractivity contribution in [1.29, 1.82) is 0 Å². The van der Waals surface area contributed by atoms with Gasteiger partial charge in [-0.2, -0.15) is 11.8 Å². The van der Waals surface area contributed by atoms with Gasteiger partial charge in [-0.25, -0.2) is 5.84 Å². The fourth-order valence-electron chi connectivity index (χ4n) is 2.83. The number of nitrogen functional groups attached to an aromatic ring is 1. The molecule has 24 heavy (non-hydrogen) atoms. The summed E-state index contributed by atoms with van der Waals surface area (Å²) in [6.45, 7) is 3.03. The van der Waals surface area contributed by atoms with Crippen molar-refractivity contribution in [2.24, 2.45) is 5.84 Å². The predicted molar refractivity (Wildman–Crippen MR) is 103 cm³/mol. The van der Waals surface area contributed by atoms with Crippen LogP contribution in [0.4, 0.5) is 0 Å². The molecule has 0 aromatic heterocycles. The van der Waals surface area contributed by atoms with E-state index in [2.05, 4.69) is 50.5 Å². The number of carbonyl (C=O) groups excluding carboxylic acids is 1. The molecular formula is C18H20BrN3OS. The smallest absolute Gasteiger partial charge is 0.265 e. The van der Waals surface area contributed by atoms with Crippen molar-refractivity contribution in [2.45, 2.75) is 11.8 Å². The first-order valence-corrected chi connectivity index (χ1v) is 9.69. The van der Waals surface area contributed by atoms with E-state index in [9.17, 15) is 4.79 Å². The van der Waals surface area contributed by atoms with Crippen LogP contribution in [0.1, 0.15) is 26.7 Å². The Bertz CT molecular complexity index is 690. The number of rotatable bonds is 4. The second kappa shape index (κ2) is 8.16. The monoisotopic (exact) mass is 405 g/mol. The van der Waals surface area contributed by atoms with Crippen LogP contribution in [0.3, 0.4) is 0 Å². The molecule has 126 valence electrons. The van der Waals surface area contributed by atoms with E-state index in [1.807, 2.05) is 36.0 Å². The fraction of sp³-hybridized carbons (Fsp3) is 0.278. The number of hydrogen-bond acceptors (Lipinski definition) is 4. The first-order valence-electron chi connectivity index (χ1n) is 7.85. The molecule has 1 saturated heterocycles. The van der Waals surface area contributed by atoms with Crippen LogP contribution in [0, 0.1) is 0 Å². The number of nitrogens with two attached hydrogens (primary N) is 1. The molecule has 1 aliphatic heterocycles. The number of amides is 1. The number of carbonyl (C=O) groups is 1. The summed E-state index contributed by atoms with van der Waals surface area (Å²) >= 11 is 5.52. The summed E-state index contributed by atoms with van der Waals surface area (Å²) in [5.41, 5.74) is 5.33. The van der Waals surface area contributed by atoms with Gasteiger partial charge in [0.2, 0.25) is 0 Å². The number of nitrogens with one attached hydrogen (secondary N) is 1. The number of thioether (sulfide) groups is 1. The van der Waals surface area contributed by atoms with Crippen molar-refractivity contribution in [1.82, 2.24) is 10.3 Å². The summed E-state index contributed by atoms with van der Waals surface area (Å²) in [5, 5.41) is 0.508. The van der Waals surface area contributed by atoms with Crippen molar-refractivity contribution in [2.75, 3.05) is 18.8 Å². The van der Waals surface area contributed by atoms with Crippen LogP contribution in [-0.4, -0.2) is 29.6 Å². The zero-order chi connectivity index (χ0) is 16.9. The van der Waals surface area contributed by atoms with Crippen molar-refractivity contribution < 1.29 is 4.79 Å². The van der Waals surface area contributed by atoms with Crippen LogP contribution < -0.4 is 11.3 Å². The summed E-state index contributed by atoms with van der Waals surface area (Å²) in [6.07, 6.45) is 0. The second-order valence-electron chi connectivity index (χ2n) is 5.82. The number of hydrogen-bond donors (Lipinski definition) is 2. The molecule has 1 unspecified atom stereocenters. The highest BCUT2D eigenvalue weighted by Gasteiger charge is 2.21. The van der Waals surface area contributed by atoms with Gasteiger partial charge >= 0.3 is 0 Å². The summed E-state index contributed by atoms with van der Waals surface area (Å²) in [6, 6.07) is 16.3. The average molecular weight is 406 g/mol. The molecule has 1 atom stereocenters. The number of benzene rings is 2. The molecule has 0 radical (unpaired) electrons. The first-order chi connectivity index (χ1) is 11.7. The highest BCUT2D eigenvalue weighted by atomic mass is 79.9. The van der Waals surface area contributed by atoms with E-state index in [4.69, 9.17) is 5.84 Å². The van der Waals surface area contributed by atoms with E-state index >= 15 is 0 Å². The SMILES string of the molecule is NNC(=O)c1ccc(CN2CCSC(c3ccc(Br)cc3)C2)cc1. The molecule has 2 aromatic rings. The van der Waals surface area contributed by atoms with Crippen LogP contribution in [-0.2, 0) is 6.54 Å². The Morgan fingerprint density at radius 3 is 2.58 bits per heavy atom. The summed E-state index contributed by atoms with van der Waals surface area (Å²) in [4.78, 5) is 14.0. The Labute approximate surface area is 154 Å². The molecule has 0 aliphatic carbocycles. The quantitative estimate of drug-likeness (QED) is 0.465. The summed E-state index contributed by atoms with van der Waals surface area (Å²) in [5.74, 6) is 6.03. The zero-order valence-corrected chi connectivity index (χ0v) is 15.6. The minimum absolute atomic E-state index is 0.258. The lowest BCUT2D eigenvalue weighted by molar-refractivity contribution is 0.0953. The lowest BCUT2D eigenvalue weighted by Crippen LogP contribution is -2.34. The van der Waals surface area contributed by atoms with Crippen LogP contribution in [0.25, 0.3) is 0 Å². The Morgan fingerprint density at radius 1 is 1.21 bits per heavy atom. The molecule has 2 aromatic carbocycles. The molecule has 0 spiro atoms.